The van der Waals surface area contributed by atoms with Crippen molar-refractivity contribution < 1.29 is 22.3 Å². The summed E-state index contributed by atoms with van der Waals surface area (Å²) in [4.78, 5) is 16.9. The minimum absolute atomic E-state index is 0.203. The Morgan fingerprint density at radius 1 is 1.17 bits per heavy atom. The molecular formula is C27H27FN2O4S. The number of piperidine rings is 3. The maximum absolute atomic E-state index is 13.6. The second-order valence-corrected chi connectivity index (χ2v) is 11.5. The fourth-order valence-corrected chi connectivity index (χ4v) is 5.79. The van der Waals surface area contributed by atoms with E-state index >= 15 is 0 Å². The lowest BCUT2D eigenvalue weighted by atomic mass is 9.84. The van der Waals surface area contributed by atoms with Gasteiger partial charge in [0.15, 0.2) is 9.84 Å². The molecule has 0 radical (unpaired) electrons. The number of fused-ring (bicyclic) bond motifs is 4. The first-order valence-corrected chi connectivity index (χ1v) is 13.6. The molecule has 0 saturated carbocycles. The van der Waals surface area contributed by atoms with Crippen molar-refractivity contribution in [3.8, 4) is 12.0 Å². The van der Waals surface area contributed by atoms with Gasteiger partial charge in [0.25, 0.3) is 0 Å². The summed E-state index contributed by atoms with van der Waals surface area (Å²) in [5.41, 5.74) is 3.49. The van der Waals surface area contributed by atoms with E-state index in [2.05, 4.69) is 23.4 Å². The average Bonchev–Trinajstić information content (AvgIpc) is 2.81. The molecule has 0 N–H and O–H groups in total. The van der Waals surface area contributed by atoms with Gasteiger partial charge in [-0.05, 0) is 60.2 Å². The first-order chi connectivity index (χ1) is 16.7. The third-order valence-electron chi connectivity index (χ3n) is 7.12. The number of carbonyl (C=O) groups is 1. The Kier molecular flexibility index (Phi) is 6.06. The molecule has 182 valence electrons. The van der Waals surface area contributed by atoms with Crippen LogP contribution in [0.2, 0.25) is 0 Å². The lowest BCUT2D eigenvalue weighted by Gasteiger charge is -2.46. The second-order valence-electron chi connectivity index (χ2n) is 9.46. The number of rotatable bonds is 3. The van der Waals surface area contributed by atoms with E-state index in [0.29, 0.717) is 13.0 Å². The van der Waals surface area contributed by atoms with Gasteiger partial charge in [-0.2, -0.15) is 0 Å². The Morgan fingerprint density at radius 3 is 2.60 bits per heavy atom. The van der Waals surface area contributed by atoms with Crippen LogP contribution in [0.3, 0.4) is 0 Å². The van der Waals surface area contributed by atoms with Gasteiger partial charge in [-0.3, -0.25) is 0 Å². The molecule has 3 fully saturated rings. The predicted molar refractivity (Wildman–Crippen MR) is 130 cm³/mol. The van der Waals surface area contributed by atoms with E-state index in [4.69, 9.17) is 4.74 Å². The highest BCUT2D eigenvalue weighted by Crippen LogP contribution is 2.36. The number of ether oxygens (including phenoxy) is 1. The molecule has 4 heterocycles. The lowest BCUT2D eigenvalue weighted by Crippen LogP contribution is -2.51. The number of hydrogen-bond donors (Lipinski definition) is 0. The highest BCUT2D eigenvalue weighted by molar-refractivity contribution is 7.90. The fourth-order valence-electron chi connectivity index (χ4n) is 5.12. The SMILES string of the molecule is C=C1CC2CCN1C[C@H]2OC(=O)N1C#C[C@H](c2ccc(F)cc2)c2ccc(S(C)(=O)=O)cc2CC1. The molecule has 4 aliphatic heterocycles. The first kappa shape index (κ1) is 23.4. The first-order valence-electron chi connectivity index (χ1n) is 11.7. The zero-order valence-corrected chi connectivity index (χ0v) is 20.4. The number of carbonyl (C=O) groups excluding carboxylic acids is 1. The molecule has 35 heavy (non-hydrogen) atoms. The standard InChI is InChI=1S/C27H27FN2O4S/c1-18-15-21-10-13-30(18)17-26(21)34-27(31)29-12-9-20-16-23(35(2,32)33)7-8-24(20)25(11-14-29)19-3-5-22(28)6-4-19/h3-8,16,21,25-26H,1,9-10,12-13,15,17H2,2H3/t21?,25-,26-/m1/s1. The Balaban J connectivity index is 1.45. The Labute approximate surface area is 205 Å². The van der Waals surface area contributed by atoms with Gasteiger partial charge < -0.3 is 9.64 Å². The average molecular weight is 495 g/mol. The molecule has 1 amide bonds. The molecule has 2 aromatic carbocycles. The molecule has 2 aromatic rings. The lowest BCUT2D eigenvalue weighted by molar-refractivity contribution is -0.0208. The van der Waals surface area contributed by atoms with Crippen molar-refractivity contribution in [3.63, 3.8) is 0 Å². The number of hydrogen-bond acceptors (Lipinski definition) is 5. The summed E-state index contributed by atoms with van der Waals surface area (Å²) in [6.07, 6.45) is 2.68. The monoisotopic (exact) mass is 494 g/mol. The summed E-state index contributed by atoms with van der Waals surface area (Å²) in [6, 6.07) is 14.0. The van der Waals surface area contributed by atoms with Gasteiger partial charge in [0.2, 0.25) is 0 Å². The molecule has 3 saturated heterocycles. The molecule has 2 bridgehead atoms. The van der Waals surface area contributed by atoms with Crippen LogP contribution in [0, 0.1) is 23.7 Å². The third-order valence-corrected chi connectivity index (χ3v) is 8.23. The Hall–Kier alpha value is -3.31. The molecule has 1 unspecified atom stereocenters. The van der Waals surface area contributed by atoms with Crippen molar-refractivity contribution in [1.82, 2.24) is 9.80 Å². The molecule has 0 aliphatic carbocycles. The van der Waals surface area contributed by atoms with Crippen molar-refractivity contribution in [2.45, 2.75) is 36.2 Å². The van der Waals surface area contributed by atoms with Crippen molar-refractivity contribution in [1.29, 1.82) is 0 Å². The predicted octanol–water partition coefficient (Wildman–Crippen LogP) is 3.92. The topological polar surface area (TPSA) is 66.9 Å². The van der Waals surface area contributed by atoms with E-state index in [9.17, 15) is 17.6 Å². The van der Waals surface area contributed by atoms with Crippen LogP contribution in [0.15, 0.2) is 59.6 Å². The van der Waals surface area contributed by atoms with Gasteiger partial charge in [0.1, 0.15) is 11.9 Å². The van der Waals surface area contributed by atoms with E-state index in [-0.39, 0.29) is 29.3 Å². The van der Waals surface area contributed by atoms with Gasteiger partial charge in [-0.15, -0.1) is 0 Å². The molecule has 4 aliphatic rings. The summed E-state index contributed by atoms with van der Waals surface area (Å²) in [7, 11) is -3.41. The van der Waals surface area contributed by atoms with Crippen LogP contribution in [0.4, 0.5) is 9.18 Å². The van der Waals surface area contributed by atoms with E-state index in [1.54, 1.807) is 30.3 Å². The smallest absolute Gasteiger partial charge is 0.421 e. The van der Waals surface area contributed by atoms with Crippen molar-refractivity contribution in [2.24, 2.45) is 5.92 Å². The molecule has 8 heteroatoms. The molecular weight excluding hydrogens is 467 g/mol. The highest BCUT2D eigenvalue weighted by atomic mass is 32.2. The largest absolute Gasteiger partial charge is 0.443 e. The molecule has 0 spiro atoms. The summed E-state index contributed by atoms with van der Waals surface area (Å²) in [5.74, 6) is 2.62. The fraction of sp³-hybridized carbons (Fsp3) is 0.370. The summed E-state index contributed by atoms with van der Waals surface area (Å²) >= 11 is 0. The summed E-state index contributed by atoms with van der Waals surface area (Å²) in [5, 5.41) is 0. The Morgan fingerprint density at radius 2 is 1.94 bits per heavy atom. The van der Waals surface area contributed by atoms with E-state index in [1.807, 2.05) is 0 Å². The van der Waals surface area contributed by atoms with Crippen molar-refractivity contribution >= 4 is 15.9 Å². The van der Waals surface area contributed by atoms with Crippen LogP contribution in [-0.2, 0) is 21.0 Å². The van der Waals surface area contributed by atoms with E-state index < -0.39 is 21.8 Å². The zero-order chi connectivity index (χ0) is 24.7. The normalized spacial score (nSPS) is 23.6. The second kappa shape index (κ2) is 9.04. The van der Waals surface area contributed by atoms with Crippen LogP contribution in [0.1, 0.15) is 35.4 Å². The van der Waals surface area contributed by atoms with Gasteiger partial charge in [-0.25, -0.2) is 22.5 Å². The van der Waals surface area contributed by atoms with Crippen LogP contribution in [0.5, 0.6) is 0 Å². The molecule has 0 aromatic heterocycles. The minimum atomic E-state index is -3.41. The number of nitrogens with zero attached hydrogens (tertiary/aromatic N) is 2. The van der Waals surface area contributed by atoms with E-state index in [1.165, 1.54) is 23.3 Å². The van der Waals surface area contributed by atoms with Gasteiger partial charge in [0, 0.05) is 37.0 Å². The van der Waals surface area contributed by atoms with E-state index in [0.717, 1.165) is 41.8 Å². The highest BCUT2D eigenvalue weighted by Gasteiger charge is 2.39. The Bertz CT molecular complexity index is 1340. The van der Waals surface area contributed by atoms with Crippen molar-refractivity contribution in [3.05, 3.63) is 77.2 Å². The summed E-state index contributed by atoms with van der Waals surface area (Å²) in [6.45, 7) is 5.96. The maximum atomic E-state index is 13.6. The van der Waals surface area contributed by atoms with Crippen LogP contribution in [0.25, 0.3) is 0 Å². The number of benzene rings is 2. The van der Waals surface area contributed by atoms with Gasteiger partial charge >= 0.3 is 6.09 Å². The quantitative estimate of drug-likeness (QED) is 0.605. The number of halogens is 1. The maximum Gasteiger partial charge on any atom is 0.421 e. The molecule has 6 rings (SSSR count). The molecule has 6 nitrogen and oxygen atoms in total. The number of amides is 1. The van der Waals surface area contributed by atoms with Gasteiger partial charge in [-0.1, -0.05) is 30.7 Å². The van der Waals surface area contributed by atoms with Crippen LogP contribution < -0.4 is 0 Å². The minimum Gasteiger partial charge on any atom is -0.443 e. The van der Waals surface area contributed by atoms with Gasteiger partial charge in [0.05, 0.1) is 17.4 Å². The summed E-state index contributed by atoms with van der Waals surface area (Å²) < 4.78 is 43.8. The molecule has 3 atom stereocenters. The number of allylic oxidation sites excluding steroid dienone is 1. The van der Waals surface area contributed by atoms with Crippen LogP contribution in [-0.4, -0.2) is 56.3 Å². The van der Waals surface area contributed by atoms with Crippen LogP contribution >= 0.6 is 0 Å². The zero-order valence-electron chi connectivity index (χ0n) is 19.5. The number of sulfone groups is 1. The third kappa shape index (κ3) is 4.78. The van der Waals surface area contributed by atoms with Crippen molar-refractivity contribution in [2.75, 3.05) is 25.9 Å².